The normalized spacial score (nSPS) is 15.4. The Kier molecular flexibility index (Phi) is 6.12. The lowest BCUT2D eigenvalue weighted by atomic mass is 9.97. The number of carbonyl (C=O) groups is 2. The van der Waals surface area contributed by atoms with E-state index >= 15 is 0 Å². The first-order valence-corrected chi connectivity index (χ1v) is 10.6. The largest absolute Gasteiger partial charge is 0.496 e. The van der Waals surface area contributed by atoms with Crippen LogP contribution in [0.5, 0.6) is 5.75 Å². The number of hydrogen-bond acceptors (Lipinski definition) is 4. The molecule has 3 aromatic carbocycles. The fraction of sp³-hybridized carbons (Fsp3) is 0.231. The van der Waals surface area contributed by atoms with Gasteiger partial charge in [0.1, 0.15) is 5.75 Å². The molecule has 0 unspecified atom stereocenters. The predicted octanol–water partition coefficient (Wildman–Crippen LogP) is 4.95. The van der Waals surface area contributed by atoms with Crippen LogP contribution in [-0.4, -0.2) is 37.2 Å². The Bertz CT molecular complexity index is 1160. The molecule has 0 aromatic heterocycles. The summed E-state index contributed by atoms with van der Waals surface area (Å²) in [5, 5.41) is 12.5. The van der Waals surface area contributed by atoms with Gasteiger partial charge in [-0.2, -0.15) is 0 Å². The number of carboxylic acids is 1. The maximum atomic E-state index is 12.7. The Balaban J connectivity index is 1.55. The summed E-state index contributed by atoms with van der Waals surface area (Å²) in [6.45, 7) is 3.77. The predicted molar refractivity (Wildman–Crippen MR) is 125 cm³/mol. The second-order valence-corrected chi connectivity index (χ2v) is 8.04. The van der Waals surface area contributed by atoms with Gasteiger partial charge in [0.2, 0.25) is 0 Å². The molecule has 1 heterocycles. The molecule has 0 radical (unpaired) electrons. The number of para-hydroxylation sites is 1. The molecule has 1 saturated heterocycles. The number of hydrogen-bond donors (Lipinski definition) is 2. The van der Waals surface area contributed by atoms with Crippen molar-refractivity contribution in [1.29, 1.82) is 0 Å². The summed E-state index contributed by atoms with van der Waals surface area (Å²) in [6.07, 6.45) is 1.01. The number of carboxylic acid groups (broad SMARTS) is 1. The molecule has 4 rings (SSSR count). The molecule has 1 atom stereocenters. The Morgan fingerprint density at radius 2 is 1.84 bits per heavy atom. The van der Waals surface area contributed by atoms with Crippen molar-refractivity contribution >= 4 is 23.3 Å². The van der Waals surface area contributed by atoms with E-state index in [0.29, 0.717) is 17.2 Å². The number of carbonyl (C=O) groups excluding carboxylic acids is 1. The van der Waals surface area contributed by atoms with Gasteiger partial charge in [-0.05, 0) is 49.2 Å². The highest BCUT2D eigenvalue weighted by Gasteiger charge is 2.25. The van der Waals surface area contributed by atoms with Crippen LogP contribution >= 0.6 is 0 Å². The summed E-state index contributed by atoms with van der Waals surface area (Å²) in [6, 6.07) is 20.5. The molecular formula is C26H26N2O4. The molecule has 3 aromatic rings. The number of rotatable bonds is 6. The van der Waals surface area contributed by atoms with Gasteiger partial charge >= 0.3 is 5.97 Å². The fourth-order valence-corrected chi connectivity index (χ4v) is 4.23. The number of aromatic carboxylic acids is 1. The zero-order valence-corrected chi connectivity index (χ0v) is 18.2. The van der Waals surface area contributed by atoms with Gasteiger partial charge in [0.25, 0.3) is 5.91 Å². The lowest BCUT2D eigenvalue weighted by molar-refractivity contribution is 0.0698. The van der Waals surface area contributed by atoms with E-state index in [4.69, 9.17) is 4.74 Å². The number of benzene rings is 3. The van der Waals surface area contributed by atoms with Gasteiger partial charge in [0, 0.05) is 24.7 Å². The lowest BCUT2D eigenvalue weighted by Crippen LogP contribution is -2.20. The number of amides is 1. The van der Waals surface area contributed by atoms with E-state index in [9.17, 15) is 14.7 Å². The van der Waals surface area contributed by atoms with Gasteiger partial charge < -0.3 is 20.1 Å². The van der Waals surface area contributed by atoms with Gasteiger partial charge in [-0.15, -0.1) is 0 Å². The van der Waals surface area contributed by atoms with Crippen molar-refractivity contribution in [3.63, 3.8) is 0 Å². The number of nitrogens with zero attached hydrogens (tertiary/aromatic N) is 1. The zero-order chi connectivity index (χ0) is 22.7. The monoisotopic (exact) mass is 430 g/mol. The first-order chi connectivity index (χ1) is 15.5. The molecule has 6 nitrogen and oxygen atoms in total. The van der Waals surface area contributed by atoms with Gasteiger partial charge in [-0.3, -0.25) is 4.79 Å². The highest BCUT2D eigenvalue weighted by Crippen LogP contribution is 2.33. The summed E-state index contributed by atoms with van der Waals surface area (Å²) in [5.41, 5.74) is 4.05. The maximum Gasteiger partial charge on any atom is 0.337 e. The molecule has 1 aliphatic heterocycles. The number of nitrogens with one attached hydrogen (secondary N) is 1. The topological polar surface area (TPSA) is 78.9 Å². The molecule has 0 spiro atoms. The SMILES string of the molecule is COc1ccccc1C(=O)Nc1ccc(N2CC[C@@H](c3cccc(C)c3)C2)cc1C(=O)O. The molecule has 164 valence electrons. The molecule has 2 N–H and O–H groups in total. The summed E-state index contributed by atoms with van der Waals surface area (Å²) >= 11 is 0. The molecule has 0 bridgehead atoms. The minimum Gasteiger partial charge on any atom is -0.496 e. The number of ether oxygens (including phenoxy) is 1. The summed E-state index contributed by atoms with van der Waals surface area (Å²) in [4.78, 5) is 26.9. The van der Waals surface area contributed by atoms with Crippen molar-refractivity contribution in [3.8, 4) is 5.75 Å². The Morgan fingerprint density at radius 1 is 1.03 bits per heavy atom. The third-order valence-electron chi connectivity index (χ3n) is 5.90. The average molecular weight is 431 g/mol. The van der Waals surface area contributed by atoms with Crippen LogP contribution in [0.4, 0.5) is 11.4 Å². The molecular weight excluding hydrogens is 404 g/mol. The van der Waals surface area contributed by atoms with Crippen LogP contribution in [0.15, 0.2) is 66.7 Å². The molecule has 0 saturated carbocycles. The van der Waals surface area contributed by atoms with E-state index in [1.54, 1.807) is 36.4 Å². The van der Waals surface area contributed by atoms with Crippen molar-refractivity contribution in [2.45, 2.75) is 19.3 Å². The minimum absolute atomic E-state index is 0.0600. The maximum absolute atomic E-state index is 12.7. The van der Waals surface area contributed by atoms with Crippen LogP contribution in [0.1, 0.15) is 44.2 Å². The van der Waals surface area contributed by atoms with Crippen molar-refractivity contribution in [1.82, 2.24) is 0 Å². The van der Waals surface area contributed by atoms with Crippen molar-refractivity contribution in [2.75, 3.05) is 30.4 Å². The highest BCUT2D eigenvalue weighted by molar-refractivity contribution is 6.09. The van der Waals surface area contributed by atoms with Gasteiger partial charge in [-0.25, -0.2) is 4.79 Å². The van der Waals surface area contributed by atoms with Crippen molar-refractivity contribution < 1.29 is 19.4 Å². The molecule has 1 fully saturated rings. The summed E-state index contributed by atoms with van der Waals surface area (Å²) in [5.74, 6) is -0.666. The fourth-order valence-electron chi connectivity index (χ4n) is 4.23. The van der Waals surface area contributed by atoms with Crippen LogP contribution in [0.3, 0.4) is 0 Å². The number of anilines is 2. The van der Waals surface area contributed by atoms with E-state index in [-0.39, 0.29) is 11.3 Å². The summed E-state index contributed by atoms with van der Waals surface area (Å²) in [7, 11) is 1.49. The zero-order valence-electron chi connectivity index (χ0n) is 18.2. The van der Waals surface area contributed by atoms with Crippen molar-refractivity contribution in [3.05, 3.63) is 89.0 Å². The smallest absolute Gasteiger partial charge is 0.337 e. The van der Waals surface area contributed by atoms with Gasteiger partial charge in [0.15, 0.2) is 0 Å². The lowest BCUT2D eigenvalue weighted by Gasteiger charge is -2.21. The molecule has 0 aliphatic carbocycles. The van der Waals surface area contributed by atoms with E-state index in [1.165, 1.54) is 18.2 Å². The standard InChI is InChI=1S/C26H26N2O4/c1-17-6-5-7-18(14-17)19-12-13-28(16-19)20-10-11-23(22(15-20)26(30)31)27-25(29)21-8-3-4-9-24(21)32-2/h3-11,14-15,19H,12-13,16H2,1-2H3,(H,27,29)(H,30,31)/t19-/m1/s1. The third kappa shape index (κ3) is 4.44. The first kappa shape index (κ1) is 21.4. The van der Waals surface area contributed by atoms with Crippen LogP contribution in [0, 0.1) is 6.92 Å². The van der Waals surface area contributed by atoms with Crippen LogP contribution in [-0.2, 0) is 0 Å². The Morgan fingerprint density at radius 3 is 2.59 bits per heavy atom. The van der Waals surface area contributed by atoms with E-state index < -0.39 is 11.9 Å². The molecule has 1 amide bonds. The van der Waals surface area contributed by atoms with Crippen LogP contribution in [0.2, 0.25) is 0 Å². The second kappa shape index (κ2) is 9.14. The quantitative estimate of drug-likeness (QED) is 0.579. The van der Waals surface area contributed by atoms with E-state index in [0.717, 1.165) is 25.2 Å². The second-order valence-electron chi connectivity index (χ2n) is 8.04. The molecule has 6 heteroatoms. The van der Waals surface area contributed by atoms with E-state index in [2.05, 4.69) is 41.4 Å². The number of aryl methyl sites for hydroxylation is 1. The van der Waals surface area contributed by atoms with Crippen molar-refractivity contribution in [2.24, 2.45) is 0 Å². The van der Waals surface area contributed by atoms with Gasteiger partial charge in [0.05, 0.1) is 23.9 Å². The third-order valence-corrected chi connectivity index (χ3v) is 5.90. The Hall–Kier alpha value is -3.80. The first-order valence-electron chi connectivity index (χ1n) is 10.6. The highest BCUT2D eigenvalue weighted by atomic mass is 16.5. The average Bonchev–Trinajstić information content (AvgIpc) is 3.29. The van der Waals surface area contributed by atoms with Gasteiger partial charge in [-0.1, -0.05) is 42.0 Å². The summed E-state index contributed by atoms with van der Waals surface area (Å²) < 4.78 is 5.24. The van der Waals surface area contributed by atoms with Crippen LogP contribution in [0.25, 0.3) is 0 Å². The van der Waals surface area contributed by atoms with E-state index in [1.807, 2.05) is 6.07 Å². The van der Waals surface area contributed by atoms with Crippen LogP contribution < -0.4 is 15.0 Å². The number of methoxy groups -OCH3 is 1. The molecule has 32 heavy (non-hydrogen) atoms. The minimum atomic E-state index is -1.09. The molecule has 1 aliphatic rings. The Labute approximate surface area is 187 Å².